The first kappa shape index (κ1) is 73.5. The van der Waals surface area contributed by atoms with Crippen molar-refractivity contribution < 1.29 is 0 Å². The molecule has 0 bridgehead atoms. The van der Waals surface area contributed by atoms with E-state index < -0.39 is 0 Å². The molecule has 5 aliphatic rings. The van der Waals surface area contributed by atoms with Gasteiger partial charge in [-0.1, -0.05) is 216 Å². The molecule has 490 valence electrons. The predicted octanol–water partition coefficient (Wildman–Crippen LogP) is 29.7. The first-order chi connectivity index (χ1) is 42.5. The molecule has 0 spiro atoms. The molecule has 0 saturated carbocycles. The molecule has 0 N–H and O–H groups in total. The number of fused-ring (bicyclic) bond motifs is 11. The van der Waals surface area contributed by atoms with Gasteiger partial charge in [-0.25, -0.2) is 0 Å². The fourth-order valence-electron chi connectivity index (χ4n) is 15.6. The lowest BCUT2D eigenvalue weighted by Gasteiger charge is -2.36. The predicted molar refractivity (Wildman–Crippen MR) is 413 cm³/mol. The van der Waals surface area contributed by atoms with Crippen LogP contribution in [0.15, 0.2) is 67.1 Å². The monoisotopic (exact) mass is 1470 g/mol. The Labute approximate surface area is 587 Å². The number of halogens is 3. The summed E-state index contributed by atoms with van der Waals surface area (Å²) in [5.74, 6) is 8.00. The van der Waals surface area contributed by atoms with Crippen molar-refractivity contribution in [1.82, 2.24) is 0 Å². The molecular formula is C82H118Br3S4+. The molecule has 4 heterocycles. The van der Waals surface area contributed by atoms with Gasteiger partial charge in [0.1, 0.15) is 15.9 Å². The molecule has 5 unspecified atom stereocenters. The van der Waals surface area contributed by atoms with Crippen LogP contribution in [0.25, 0.3) is 36.2 Å². The van der Waals surface area contributed by atoms with Crippen LogP contribution in [-0.2, 0) is 23.7 Å². The molecule has 0 saturated heterocycles. The fraction of sp³-hybridized carbons (Fsp3) is 0.659. The summed E-state index contributed by atoms with van der Waals surface area (Å²) in [5.41, 5.74) is 18.9. The number of alkyl halides is 1. The summed E-state index contributed by atoms with van der Waals surface area (Å²) in [6.07, 6.45) is 36.5. The van der Waals surface area contributed by atoms with Crippen molar-refractivity contribution in [3.05, 3.63) is 117 Å². The maximum absolute atomic E-state index is 4.08. The zero-order chi connectivity index (χ0) is 64.2. The van der Waals surface area contributed by atoms with Crippen LogP contribution in [0, 0.1) is 64.6 Å². The van der Waals surface area contributed by atoms with Crippen molar-refractivity contribution in [3.63, 3.8) is 0 Å². The van der Waals surface area contributed by atoms with Crippen LogP contribution in [0.3, 0.4) is 0 Å². The molecule has 7 heteroatoms. The van der Waals surface area contributed by atoms with E-state index in [2.05, 4.69) is 211 Å². The van der Waals surface area contributed by atoms with Crippen LogP contribution in [-0.4, -0.2) is 5.33 Å². The molecule has 10 rings (SSSR count). The summed E-state index contributed by atoms with van der Waals surface area (Å²) in [6, 6.07) is 17.9. The molecular weight excluding hydrogens is 1350 g/mol. The van der Waals surface area contributed by atoms with Crippen molar-refractivity contribution in [3.8, 4) is 31.3 Å². The van der Waals surface area contributed by atoms with Gasteiger partial charge in [-0.15, -0.1) is 34.0 Å². The van der Waals surface area contributed by atoms with E-state index in [4.69, 9.17) is 0 Å². The van der Waals surface area contributed by atoms with Gasteiger partial charge in [-0.3, -0.25) is 0 Å². The number of thiophene rings is 3. The van der Waals surface area contributed by atoms with E-state index in [1.165, 1.54) is 205 Å². The van der Waals surface area contributed by atoms with Crippen LogP contribution in [0.4, 0.5) is 0 Å². The first-order valence-electron chi connectivity index (χ1n) is 36.1. The number of rotatable bonds is 34. The van der Waals surface area contributed by atoms with Gasteiger partial charge < -0.3 is 0 Å². The first-order valence-corrected chi connectivity index (χ1v) is 42.1. The van der Waals surface area contributed by atoms with Crippen molar-refractivity contribution >= 4 is 98.5 Å². The van der Waals surface area contributed by atoms with Gasteiger partial charge in [-0.2, -0.15) is 0 Å². The van der Waals surface area contributed by atoms with Crippen molar-refractivity contribution in [2.45, 2.75) is 282 Å². The Morgan fingerprint density at radius 3 is 1.18 bits per heavy atom. The van der Waals surface area contributed by atoms with Gasteiger partial charge in [0.05, 0.1) is 25.8 Å². The van der Waals surface area contributed by atoms with Crippen molar-refractivity contribution in [1.29, 1.82) is 0 Å². The molecule has 2 aromatic carbocycles. The largest absolute Gasteiger partial charge is 0.173 e. The van der Waals surface area contributed by atoms with E-state index >= 15 is 0 Å². The van der Waals surface area contributed by atoms with E-state index in [9.17, 15) is 0 Å². The maximum Gasteiger partial charge on any atom is 0.173 e. The lowest BCUT2D eigenvalue weighted by atomic mass is 9.67. The topological polar surface area (TPSA) is 0 Å². The second kappa shape index (κ2) is 34.6. The molecule has 5 atom stereocenters. The van der Waals surface area contributed by atoms with Gasteiger partial charge in [0.15, 0.2) is 6.08 Å². The van der Waals surface area contributed by atoms with Gasteiger partial charge in [-0.05, 0) is 259 Å². The minimum atomic E-state index is 0.0800. The normalized spacial score (nSPS) is 19.0. The highest BCUT2D eigenvalue weighted by Gasteiger charge is 2.50. The second-order valence-corrected chi connectivity index (χ2v) is 38.9. The van der Waals surface area contributed by atoms with E-state index in [0.29, 0.717) is 0 Å². The van der Waals surface area contributed by atoms with Crippen molar-refractivity contribution in [2.24, 2.45) is 59.2 Å². The summed E-state index contributed by atoms with van der Waals surface area (Å²) < 4.78 is 2.63. The third-order valence-electron chi connectivity index (χ3n) is 21.4. The Bertz CT molecular complexity index is 2900. The summed E-state index contributed by atoms with van der Waals surface area (Å²) >= 11 is 19.3. The van der Waals surface area contributed by atoms with E-state index in [1.54, 1.807) is 54.9 Å². The quantitative estimate of drug-likeness (QED) is 0.0287. The fourth-order valence-corrected chi connectivity index (χ4v) is 21.7. The molecule has 4 aliphatic carbocycles. The third-order valence-corrected chi connectivity index (χ3v) is 27.1. The van der Waals surface area contributed by atoms with E-state index in [-0.39, 0.29) is 10.8 Å². The second-order valence-electron chi connectivity index (χ2n) is 31.5. The van der Waals surface area contributed by atoms with Gasteiger partial charge in [0.2, 0.25) is 0 Å². The lowest BCUT2D eigenvalue weighted by Crippen LogP contribution is -2.28. The SMILES string of the molecule is CC(C)CCCC(C)CCBr.CC(C)CCCC(C)CCC1(CCC(C)CCCC(C)C)c2cc3c(cc2-c2sc(Br)cc21)C(CCC(C)CCCC(C)C)(CCC(C)CCCC(C)C)c1cc(Br)sc1-3.[C+]1=CC2=C(S1)c1cc3c(cc1C2)-c1sccc1C3. The molecule has 5 aromatic rings. The number of hydrogen-bond donors (Lipinski definition) is 0. The van der Waals surface area contributed by atoms with Crippen LogP contribution in [0.5, 0.6) is 0 Å². The number of benzene rings is 2. The molecule has 3 aromatic heterocycles. The zero-order valence-electron chi connectivity index (χ0n) is 58.3. The summed E-state index contributed by atoms with van der Waals surface area (Å²) in [5, 5.41) is 6.64. The standard InChI is InChI=1S/C56H88Br2S2.C16H9S2.C10H21Br/c1-37(2)17-13-21-41(9)25-29-55(30-26-42(10)22-14-18-38(3)4)47-33-46-48(34-45(47)53-49(55)35-51(57)59-53)56(50-36-52(58)60-54(46)50,31-27-43(11)23-15-19-39(5)6)32-28-44(12)24-16-20-40(7)8;1-3-17-15-9(1)5-11-7-14-12(8-13(11)15)6-10-2-4-18-16(10)14;1-9(2)5-4-6-10(3)7-8-11/h33-44H,13-32H2,1-12H3;1-3,7-8H,5-6H2;9-10H,4-8H2,1-3H3/q;+1;. The van der Waals surface area contributed by atoms with E-state index in [0.717, 1.165) is 77.4 Å². The highest BCUT2D eigenvalue weighted by Crippen LogP contribution is 2.64. The Balaban J connectivity index is 0.000000282. The average molecular weight is 1470 g/mol. The van der Waals surface area contributed by atoms with Gasteiger partial charge in [0.25, 0.3) is 0 Å². The number of allylic oxidation sites excluding steroid dienone is 2. The summed E-state index contributed by atoms with van der Waals surface area (Å²) in [6.45, 7) is 36.3. The Kier molecular flexibility index (Phi) is 28.6. The van der Waals surface area contributed by atoms with Crippen molar-refractivity contribution in [2.75, 3.05) is 5.33 Å². The third kappa shape index (κ3) is 19.3. The molecule has 0 radical (unpaired) electrons. The van der Waals surface area contributed by atoms with Crippen LogP contribution >= 0.6 is 93.6 Å². The molecule has 89 heavy (non-hydrogen) atoms. The lowest BCUT2D eigenvalue weighted by molar-refractivity contribution is 0.325. The van der Waals surface area contributed by atoms with E-state index in [1.807, 2.05) is 34.0 Å². The average Bonchev–Trinajstić information content (AvgIpc) is 1.58. The molecule has 0 nitrogen and oxygen atoms in total. The highest BCUT2D eigenvalue weighted by atomic mass is 79.9. The zero-order valence-corrected chi connectivity index (χ0v) is 66.4. The van der Waals surface area contributed by atoms with Crippen LogP contribution < -0.4 is 0 Å². The Morgan fingerprint density at radius 1 is 0.404 bits per heavy atom. The molecule has 1 aliphatic heterocycles. The van der Waals surface area contributed by atoms with Crippen LogP contribution in [0.2, 0.25) is 0 Å². The minimum Gasteiger partial charge on any atom is -0.144 e. The number of hydrogen-bond acceptors (Lipinski definition) is 4. The number of thioether (sulfide) groups is 1. The smallest absolute Gasteiger partial charge is 0.144 e. The Hall–Kier alpha value is -1.28. The summed E-state index contributed by atoms with van der Waals surface area (Å²) in [7, 11) is 0. The van der Waals surface area contributed by atoms with Gasteiger partial charge in [0, 0.05) is 36.4 Å². The summed E-state index contributed by atoms with van der Waals surface area (Å²) in [4.78, 5) is 6.10. The highest BCUT2D eigenvalue weighted by molar-refractivity contribution is 9.11. The molecule has 0 amide bonds. The Morgan fingerprint density at radius 2 is 0.787 bits per heavy atom. The molecule has 0 fully saturated rings. The minimum absolute atomic E-state index is 0.0800. The maximum atomic E-state index is 4.08. The van der Waals surface area contributed by atoms with Crippen LogP contribution in [0.1, 0.15) is 302 Å². The van der Waals surface area contributed by atoms with Gasteiger partial charge >= 0.3 is 0 Å².